The minimum absolute atomic E-state index is 0. The van der Waals surface area contributed by atoms with Crippen molar-refractivity contribution in [1.29, 1.82) is 0 Å². The van der Waals surface area contributed by atoms with Crippen LogP contribution in [0.2, 0.25) is 0 Å². The van der Waals surface area contributed by atoms with Crippen LogP contribution >= 0.6 is 24.0 Å². The van der Waals surface area contributed by atoms with Crippen molar-refractivity contribution < 1.29 is 9.15 Å². The van der Waals surface area contributed by atoms with Crippen molar-refractivity contribution in [3.05, 3.63) is 36.3 Å². The second kappa shape index (κ2) is 10.7. The van der Waals surface area contributed by atoms with E-state index in [0.717, 1.165) is 63.0 Å². The first-order valence-electron chi connectivity index (χ1n) is 7.89. The molecule has 0 amide bonds. The van der Waals surface area contributed by atoms with Crippen LogP contribution in [0, 0.1) is 5.92 Å². The number of nitrogens with one attached hydrogen (secondary N) is 1. The van der Waals surface area contributed by atoms with Crippen molar-refractivity contribution in [3.8, 4) is 0 Å². The van der Waals surface area contributed by atoms with Crippen molar-refractivity contribution in [1.82, 2.24) is 10.2 Å². The zero-order valence-electron chi connectivity index (χ0n) is 14.1. The van der Waals surface area contributed by atoms with Crippen LogP contribution in [0.5, 0.6) is 0 Å². The first-order valence-corrected chi connectivity index (χ1v) is 7.89. The van der Waals surface area contributed by atoms with Crippen molar-refractivity contribution in [2.45, 2.75) is 19.8 Å². The molecule has 0 bridgehead atoms. The van der Waals surface area contributed by atoms with Gasteiger partial charge in [-0.05, 0) is 25.5 Å². The Morgan fingerprint density at radius 1 is 1.52 bits per heavy atom. The number of halogens is 1. The predicted octanol–water partition coefficient (Wildman–Crippen LogP) is 2.93. The lowest BCUT2D eigenvalue weighted by Crippen LogP contribution is -2.41. The largest absolute Gasteiger partial charge is 0.469 e. The second-order valence-electron chi connectivity index (χ2n) is 5.96. The van der Waals surface area contributed by atoms with Crippen LogP contribution in [0.15, 0.2) is 40.0 Å². The normalized spacial score (nSPS) is 17.7. The Morgan fingerprint density at radius 2 is 2.35 bits per heavy atom. The van der Waals surface area contributed by atoms with Gasteiger partial charge in [0.1, 0.15) is 5.76 Å². The maximum absolute atomic E-state index is 5.41. The number of guanidine groups is 1. The van der Waals surface area contributed by atoms with Crippen LogP contribution in [0.25, 0.3) is 0 Å². The third-order valence-corrected chi connectivity index (χ3v) is 3.63. The summed E-state index contributed by atoms with van der Waals surface area (Å²) in [7, 11) is 2.04. The van der Waals surface area contributed by atoms with E-state index >= 15 is 0 Å². The molecule has 1 aromatic heterocycles. The monoisotopic (exact) mass is 433 g/mol. The van der Waals surface area contributed by atoms with Gasteiger partial charge in [0.25, 0.3) is 0 Å². The summed E-state index contributed by atoms with van der Waals surface area (Å²) in [6.07, 6.45) is 3.66. The molecule has 1 saturated heterocycles. The van der Waals surface area contributed by atoms with Crippen molar-refractivity contribution in [2.75, 3.05) is 39.9 Å². The Bertz CT molecular complexity index is 482. The van der Waals surface area contributed by atoms with Gasteiger partial charge in [-0.15, -0.1) is 24.0 Å². The molecule has 2 heterocycles. The number of hydrogen-bond donors (Lipinski definition) is 1. The molecule has 1 aromatic rings. The van der Waals surface area contributed by atoms with E-state index in [0.29, 0.717) is 5.92 Å². The molecule has 130 valence electrons. The lowest BCUT2D eigenvalue weighted by Gasteiger charge is -2.23. The number of likely N-dealkylation sites (N-methyl/N-ethyl adjacent to an activating group) is 1. The van der Waals surface area contributed by atoms with Crippen molar-refractivity contribution >= 4 is 29.9 Å². The van der Waals surface area contributed by atoms with Crippen LogP contribution in [-0.4, -0.2) is 50.8 Å². The van der Waals surface area contributed by atoms with Crippen LogP contribution in [-0.2, 0) is 11.2 Å². The smallest absolute Gasteiger partial charge is 0.193 e. The van der Waals surface area contributed by atoms with Gasteiger partial charge in [-0.1, -0.05) is 12.2 Å². The molecule has 0 aromatic carbocycles. The Kier molecular flexibility index (Phi) is 9.31. The fraction of sp³-hybridized carbons (Fsp3) is 0.588. The van der Waals surface area contributed by atoms with Crippen LogP contribution in [0.1, 0.15) is 19.1 Å². The van der Waals surface area contributed by atoms with Gasteiger partial charge < -0.3 is 19.4 Å². The van der Waals surface area contributed by atoms with Gasteiger partial charge in [0.15, 0.2) is 5.96 Å². The molecule has 1 aliphatic rings. The average Bonchev–Trinajstić information content (AvgIpc) is 3.14. The zero-order chi connectivity index (χ0) is 15.8. The summed E-state index contributed by atoms with van der Waals surface area (Å²) >= 11 is 0. The molecule has 23 heavy (non-hydrogen) atoms. The third-order valence-electron chi connectivity index (χ3n) is 3.63. The number of hydrogen-bond acceptors (Lipinski definition) is 3. The van der Waals surface area contributed by atoms with Crippen molar-refractivity contribution in [2.24, 2.45) is 10.9 Å². The Morgan fingerprint density at radius 3 is 2.96 bits per heavy atom. The molecule has 1 aliphatic heterocycles. The minimum atomic E-state index is 0. The summed E-state index contributed by atoms with van der Waals surface area (Å²) in [4.78, 5) is 6.87. The van der Waals surface area contributed by atoms with Gasteiger partial charge in [-0.2, -0.15) is 0 Å². The summed E-state index contributed by atoms with van der Waals surface area (Å²) < 4.78 is 10.8. The summed E-state index contributed by atoms with van der Waals surface area (Å²) in [5.74, 6) is 2.44. The fourth-order valence-electron chi connectivity index (χ4n) is 2.49. The molecular weight excluding hydrogens is 405 g/mol. The van der Waals surface area contributed by atoms with E-state index in [9.17, 15) is 0 Å². The van der Waals surface area contributed by atoms with Gasteiger partial charge >= 0.3 is 0 Å². The summed E-state index contributed by atoms with van der Waals surface area (Å²) in [6.45, 7) is 10.1. The summed E-state index contributed by atoms with van der Waals surface area (Å²) in [6, 6.07) is 3.91. The molecule has 1 N–H and O–H groups in total. The number of furan rings is 1. The molecule has 2 rings (SSSR count). The SMILES string of the molecule is C=C(C)CN(C)C(=NCC1CCOC1)NCCc1ccco1.I. The molecule has 5 nitrogen and oxygen atoms in total. The average molecular weight is 433 g/mol. The maximum atomic E-state index is 5.41. The zero-order valence-corrected chi connectivity index (χ0v) is 16.4. The highest BCUT2D eigenvalue weighted by Gasteiger charge is 2.16. The molecule has 1 fully saturated rings. The quantitative estimate of drug-likeness (QED) is 0.311. The summed E-state index contributed by atoms with van der Waals surface area (Å²) in [5, 5.41) is 3.42. The maximum Gasteiger partial charge on any atom is 0.193 e. The molecule has 1 atom stereocenters. The fourth-order valence-corrected chi connectivity index (χ4v) is 2.49. The highest BCUT2D eigenvalue weighted by molar-refractivity contribution is 14.0. The first-order chi connectivity index (χ1) is 10.6. The van der Waals surface area contributed by atoms with Gasteiger partial charge in [0, 0.05) is 45.6 Å². The van der Waals surface area contributed by atoms with Gasteiger partial charge in [0.05, 0.1) is 12.9 Å². The lowest BCUT2D eigenvalue weighted by atomic mass is 10.1. The third kappa shape index (κ3) is 7.39. The second-order valence-corrected chi connectivity index (χ2v) is 5.96. The van der Waals surface area contributed by atoms with Crippen LogP contribution in [0.3, 0.4) is 0 Å². The molecule has 0 radical (unpaired) electrons. The lowest BCUT2D eigenvalue weighted by molar-refractivity contribution is 0.187. The van der Waals surface area contributed by atoms with E-state index in [4.69, 9.17) is 14.1 Å². The molecule has 6 heteroatoms. The first kappa shape index (κ1) is 20.0. The van der Waals surface area contributed by atoms with Crippen LogP contribution in [0.4, 0.5) is 0 Å². The Hall–Kier alpha value is -1.02. The van der Waals surface area contributed by atoms with Crippen LogP contribution < -0.4 is 5.32 Å². The number of aliphatic imine (C=N–C) groups is 1. The van der Waals surface area contributed by atoms with E-state index in [1.54, 1.807) is 6.26 Å². The Labute approximate surface area is 156 Å². The molecule has 1 unspecified atom stereocenters. The Balaban J connectivity index is 0.00000264. The summed E-state index contributed by atoms with van der Waals surface area (Å²) in [5.41, 5.74) is 1.12. The molecular formula is C17H28IN3O2. The predicted molar refractivity (Wildman–Crippen MR) is 105 cm³/mol. The number of nitrogens with zero attached hydrogens (tertiary/aromatic N) is 2. The van der Waals surface area contributed by atoms with E-state index in [1.807, 2.05) is 26.1 Å². The molecule has 0 aliphatic carbocycles. The van der Waals surface area contributed by atoms with E-state index in [1.165, 1.54) is 0 Å². The van der Waals surface area contributed by atoms with Gasteiger partial charge in [-0.3, -0.25) is 4.99 Å². The van der Waals surface area contributed by atoms with Crippen molar-refractivity contribution in [3.63, 3.8) is 0 Å². The number of rotatable bonds is 7. The van der Waals surface area contributed by atoms with E-state index < -0.39 is 0 Å². The van der Waals surface area contributed by atoms with Gasteiger partial charge in [0.2, 0.25) is 0 Å². The molecule has 0 saturated carbocycles. The highest BCUT2D eigenvalue weighted by atomic mass is 127. The highest BCUT2D eigenvalue weighted by Crippen LogP contribution is 2.12. The van der Waals surface area contributed by atoms with E-state index in [2.05, 4.69) is 16.8 Å². The number of ether oxygens (including phenoxy) is 1. The minimum Gasteiger partial charge on any atom is -0.469 e. The standard InChI is InChI=1S/C17H27N3O2.HI/c1-14(2)12-20(3)17(19-11-15-7-10-21-13-15)18-8-6-16-5-4-9-22-16;/h4-5,9,15H,1,6-8,10-13H2,2-3H3,(H,18,19);1H. The van der Waals surface area contributed by atoms with E-state index in [-0.39, 0.29) is 24.0 Å². The topological polar surface area (TPSA) is 50.0 Å². The molecule has 0 spiro atoms. The van der Waals surface area contributed by atoms with Gasteiger partial charge in [-0.25, -0.2) is 0 Å².